The van der Waals surface area contributed by atoms with Crippen LogP contribution in [0.3, 0.4) is 0 Å². The number of allylic oxidation sites excluding steroid dienone is 1. The number of aromatic nitrogens is 1. The lowest BCUT2D eigenvalue weighted by atomic mass is 10.1. The van der Waals surface area contributed by atoms with E-state index in [0.717, 1.165) is 17.4 Å². The van der Waals surface area contributed by atoms with Crippen LogP contribution in [-0.2, 0) is 7.05 Å². The topological polar surface area (TPSA) is 96.6 Å². The van der Waals surface area contributed by atoms with Gasteiger partial charge in [-0.05, 0) is 31.2 Å². The molecule has 2 N–H and O–H groups in total. The van der Waals surface area contributed by atoms with Gasteiger partial charge in [0.15, 0.2) is 5.78 Å². The number of aromatic carboxylic acids is 1. The Morgan fingerprint density at radius 3 is 2.59 bits per heavy atom. The number of rotatable bonds is 4. The maximum absolute atomic E-state index is 12.1. The Hall–Kier alpha value is -2.67. The number of thiophene rings is 1. The van der Waals surface area contributed by atoms with Gasteiger partial charge in [0.1, 0.15) is 16.2 Å². The number of aryl methyl sites for hydroxylation is 1. The van der Waals surface area contributed by atoms with Gasteiger partial charge < -0.3 is 14.8 Å². The first kappa shape index (κ1) is 15.7. The molecule has 22 heavy (non-hydrogen) atoms. The summed E-state index contributed by atoms with van der Waals surface area (Å²) in [6, 6.07) is 4.33. The standard InChI is InChI=1S/C15H13NO5S/c1-8-7-11(18)13(14(19)16(8)2)10(17)5-3-9-4-6-12(22-9)15(20)21/h3-7,18H,1-2H3,(H,20,21). The zero-order chi connectivity index (χ0) is 16.4. The summed E-state index contributed by atoms with van der Waals surface area (Å²) in [5, 5.41) is 18.6. The Labute approximate surface area is 129 Å². The van der Waals surface area contributed by atoms with E-state index in [1.165, 1.54) is 29.8 Å². The quantitative estimate of drug-likeness (QED) is 0.664. The average molecular weight is 319 g/mol. The van der Waals surface area contributed by atoms with E-state index >= 15 is 0 Å². The number of carboxylic acid groups (broad SMARTS) is 1. The summed E-state index contributed by atoms with van der Waals surface area (Å²) < 4.78 is 1.27. The van der Waals surface area contributed by atoms with Crippen molar-refractivity contribution in [1.82, 2.24) is 4.57 Å². The zero-order valence-electron chi connectivity index (χ0n) is 11.9. The van der Waals surface area contributed by atoms with E-state index in [0.29, 0.717) is 10.6 Å². The predicted octanol–water partition coefficient (Wildman–Crippen LogP) is 2.06. The summed E-state index contributed by atoms with van der Waals surface area (Å²) in [7, 11) is 1.51. The van der Waals surface area contributed by atoms with E-state index in [1.54, 1.807) is 13.0 Å². The Balaban J connectivity index is 2.33. The predicted molar refractivity (Wildman–Crippen MR) is 82.7 cm³/mol. The highest BCUT2D eigenvalue weighted by Crippen LogP contribution is 2.19. The van der Waals surface area contributed by atoms with Crippen LogP contribution < -0.4 is 5.56 Å². The molecule has 0 amide bonds. The van der Waals surface area contributed by atoms with Gasteiger partial charge in [0.05, 0.1) is 0 Å². The second kappa shape index (κ2) is 5.98. The molecular weight excluding hydrogens is 306 g/mol. The van der Waals surface area contributed by atoms with Crippen LogP contribution in [0.2, 0.25) is 0 Å². The molecule has 7 heteroatoms. The number of pyridine rings is 1. The largest absolute Gasteiger partial charge is 0.507 e. The Kier molecular flexibility index (Phi) is 4.27. The molecule has 2 heterocycles. The third-order valence-corrected chi connectivity index (χ3v) is 4.17. The molecule has 0 aliphatic heterocycles. The Morgan fingerprint density at radius 1 is 1.32 bits per heavy atom. The first-order chi connectivity index (χ1) is 10.3. The van der Waals surface area contributed by atoms with E-state index in [-0.39, 0.29) is 16.2 Å². The maximum atomic E-state index is 12.1. The number of nitrogens with zero attached hydrogens (tertiary/aromatic N) is 1. The van der Waals surface area contributed by atoms with Crippen molar-refractivity contribution in [3.63, 3.8) is 0 Å². The smallest absolute Gasteiger partial charge is 0.345 e. The third-order valence-electron chi connectivity index (χ3n) is 3.13. The van der Waals surface area contributed by atoms with Crippen LogP contribution in [0.5, 0.6) is 5.75 Å². The highest BCUT2D eigenvalue weighted by atomic mass is 32.1. The number of hydrogen-bond acceptors (Lipinski definition) is 5. The van der Waals surface area contributed by atoms with Gasteiger partial charge in [0.2, 0.25) is 0 Å². The number of hydrogen-bond donors (Lipinski definition) is 2. The molecule has 0 saturated carbocycles. The highest BCUT2D eigenvalue weighted by molar-refractivity contribution is 7.14. The van der Waals surface area contributed by atoms with Gasteiger partial charge in [-0.3, -0.25) is 9.59 Å². The minimum Gasteiger partial charge on any atom is -0.507 e. The lowest BCUT2D eigenvalue weighted by molar-refractivity contribution is 0.0702. The van der Waals surface area contributed by atoms with Crippen LogP contribution in [0.25, 0.3) is 6.08 Å². The van der Waals surface area contributed by atoms with Gasteiger partial charge in [-0.15, -0.1) is 11.3 Å². The maximum Gasteiger partial charge on any atom is 0.345 e. The number of carbonyl (C=O) groups excluding carboxylic acids is 1. The van der Waals surface area contributed by atoms with E-state index in [9.17, 15) is 19.5 Å². The van der Waals surface area contributed by atoms with Crippen molar-refractivity contribution >= 4 is 29.2 Å². The molecule has 0 fully saturated rings. The van der Waals surface area contributed by atoms with Gasteiger partial charge in [-0.25, -0.2) is 4.79 Å². The molecule has 0 aromatic carbocycles. The fourth-order valence-corrected chi connectivity index (χ4v) is 2.58. The molecule has 0 saturated heterocycles. The van der Waals surface area contributed by atoms with E-state index in [2.05, 4.69) is 0 Å². The molecule has 0 aliphatic carbocycles. The second-order valence-electron chi connectivity index (χ2n) is 4.61. The lowest BCUT2D eigenvalue weighted by Gasteiger charge is -2.07. The van der Waals surface area contributed by atoms with Crippen LogP contribution in [0, 0.1) is 6.92 Å². The zero-order valence-corrected chi connectivity index (χ0v) is 12.7. The van der Waals surface area contributed by atoms with Crippen molar-refractivity contribution in [2.75, 3.05) is 0 Å². The van der Waals surface area contributed by atoms with Crippen molar-refractivity contribution in [2.24, 2.45) is 7.05 Å². The van der Waals surface area contributed by atoms with Crippen molar-refractivity contribution in [1.29, 1.82) is 0 Å². The van der Waals surface area contributed by atoms with E-state index in [4.69, 9.17) is 5.11 Å². The molecule has 0 aliphatic rings. The number of carboxylic acids is 1. The molecule has 0 atom stereocenters. The van der Waals surface area contributed by atoms with Crippen molar-refractivity contribution in [3.05, 3.63) is 55.6 Å². The fraction of sp³-hybridized carbons (Fsp3) is 0.133. The Morgan fingerprint density at radius 2 is 2.00 bits per heavy atom. The van der Waals surface area contributed by atoms with Crippen LogP contribution in [0.1, 0.15) is 30.6 Å². The summed E-state index contributed by atoms with van der Waals surface area (Å²) in [6.07, 6.45) is 2.56. The molecular formula is C15H13NO5S. The summed E-state index contributed by atoms with van der Waals surface area (Å²) in [5.74, 6) is -2.04. The molecule has 2 aromatic heterocycles. The fourth-order valence-electron chi connectivity index (χ4n) is 1.83. The Bertz CT molecular complexity index is 844. The molecule has 0 spiro atoms. The minimum atomic E-state index is -1.04. The SMILES string of the molecule is Cc1cc(O)c(C(=O)C=Cc2ccc(C(=O)O)s2)c(=O)n1C. The summed E-state index contributed by atoms with van der Waals surface area (Å²) in [4.78, 5) is 35.6. The van der Waals surface area contributed by atoms with Gasteiger partial charge in [0, 0.05) is 23.7 Å². The molecule has 6 nitrogen and oxygen atoms in total. The summed E-state index contributed by atoms with van der Waals surface area (Å²) >= 11 is 1.01. The lowest BCUT2D eigenvalue weighted by Crippen LogP contribution is -2.25. The van der Waals surface area contributed by atoms with Crippen LogP contribution in [0.15, 0.2) is 29.1 Å². The summed E-state index contributed by atoms with van der Waals surface area (Å²) in [6.45, 7) is 1.64. The first-order valence-corrected chi connectivity index (χ1v) is 7.08. The van der Waals surface area contributed by atoms with Crippen molar-refractivity contribution in [3.8, 4) is 5.75 Å². The number of aromatic hydroxyl groups is 1. The van der Waals surface area contributed by atoms with Crippen LogP contribution >= 0.6 is 11.3 Å². The van der Waals surface area contributed by atoms with E-state index in [1.807, 2.05) is 0 Å². The monoisotopic (exact) mass is 319 g/mol. The normalized spacial score (nSPS) is 11.0. The second-order valence-corrected chi connectivity index (χ2v) is 5.73. The van der Waals surface area contributed by atoms with Crippen molar-refractivity contribution < 1.29 is 19.8 Å². The molecule has 2 aromatic rings. The first-order valence-electron chi connectivity index (χ1n) is 6.26. The minimum absolute atomic E-state index is 0.154. The number of carbonyl (C=O) groups is 2. The molecule has 0 radical (unpaired) electrons. The number of ketones is 1. The highest BCUT2D eigenvalue weighted by Gasteiger charge is 2.16. The van der Waals surface area contributed by atoms with Gasteiger partial charge in [-0.2, -0.15) is 0 Å². The van der Waals surface area contributed by atoms with Gasteiger partial charge >= 0.3 is 5.97 Å². The molecule has 2 rings (SSSR count). The average Bonchev–Trinajstić information content (AvgIpc) is 2.92. The van der Waals surface area contributed by atoms with Crippen LogP contribution in [-0.4, -0.2) is 26.5 Å². The molecule has 0 bridgehead atoms. The van der Waals surface area contributed by atoms with Gasteiger partial charge in [0.25, 0.3) is 5.56 Å². The molecule has 0 unspecified atom stereocenters. The molecule has 114 valence electrons. The van der Waals surface area contributed by atoms with Gasteiger partial charge in [-0.1, -0.05) is 0 Å². The summed E-state index contributed by atoms with van der Waals surface area (Å²) in [5.41, 5.74) is -0.351. The van der Waals surface area contributed by atoms with Crippen LogP contribution in [0.4, 0.5) is 0 Å². The van der Waals surface area contributed by atoms with E-state index < -0.39 is 17.3 Å². The third kappa shape index (κ3) is 2.99. The van der Waals surface area contributed by atoms with Crippen molar-refractivity contribution in [2.45, 2.75) is 6.92 Å².